The first-order chi connectivity index (χ1) is 10.9. The molecular formula is C16H18N6. The molecule has 0 spiro atoms. The van der Waals surface area contributed by atoms with Gasteiger partial charge < -0.3 is 0 Å². The minimum atomic E-state index is 0.198. The predicted octanol–water partition coefficient (Wildman–Crippen LogP) is 2.12. The Morgan fingerprint density at radius 2 is 1.27 bits per heavy atom. The summed E-state index contributed by atoms with van der Waals surface area (Å²) in [6, 6.07) is 0.396. The van der Waals surface area contributed by atoms with E-state index in [9.17, 15) is 0 Å². The quantitative estimate of drug-likeness (QED) is 0.809. The standard InChI is InChI=1S/C16H18N6/c1-2-4-16(22-12-14-10-18-6-8-20-14)15(3-1)21-11-13-9-17-5-7-19-13/h5-12,15-16H,1-4H2. The molecule has 0 amide bonds. The third-order valence-corrected chi connectivity index (χ3v) is 3.66. The molecule has 2 heterocycles. The Morgan fingerprint density at radius 3 is 1.68 bits per heavy atom. The predicted molar refractivity (Wildman–Crippen MR) is 85.3 cm³/mol. The lowest BCUT2D eigenvalue weighted by Gasteiger charge is -2.25. The summed E-state index contributed by atoms with van der Waals surface area (Å²) in [5.41, 5.74) is 1.56. The number of hydrogen-bond donors (Lipinski definition) is 0. The third kappa shape index (κ3) is 4.00. The van der Waals surface area contributed by atoms with Crippen molar-refractivity contribution in [3.05, 3.63) is 48.6 Å². The molecule has 0 aromatic carbocycles. The Bertz CT molecular complexity index is 568. The summed E-state index contributed by atoms with van der Waals surface area (Å²) < 4.78 is 0. The van der Waals surface area contributed by atoms with Gasteiger partial charge in [-0.05, 0) is 12.8 Å². The number of aliphatic imine (C=N–C) groups is 2. The van der Waals surface area contributed by atoms with Crippen molar-refractivity contribution in [2.45, 2.75) is 37.8 Å². The van der Waals surface area contributed by atoms with Crippen LogP contribution in [0.3, 0.4) is 0 Å². The van der Waals surface area contributed by atoms with Gasteiger partial charge in [-0.25, -0.2) is 0 Å². The molecule has 1 aliphatic rings. The van der Waals surface area contributed by atoms with Gasteiger partial charge in [0, 0.05) is 37.2 Å². The van der Waals surface area contributed by atoms with Crippen molar-refractivity contribution in [1.29, 1.82) is 0 Å². The highest BCUT2D eigenvalue weighted by molar-refractivity contribution is 5.77. The van der Waals surface area contributed by atoms with Crippen LogP contribution in [-0.4, -0.2) is 44.4 Å². The number of nitrogens with zero attached hydrogens (tertiary/aromatic N) is 6. The maximum Gasteiger partial charge on any atom is 0.0991 e. The summed E-state index contributed by atoms with van der Waals surface area (Å²) in [6.45, 7) is 0. The highest BCUT2D eigenvalue weighted by atomic mass is 14.9. The smallest absolute Gasteiger partial charge is 0.0991 e. The van der Waals surface area contributed by atoms with Crippen molar-refractivity contribution < 1.29 is 0 Å². The Balaban J connectivity index is 1.69. The number of rotatable bonds is 4. The summed E-state index contributed by atoms with van der Waals surface area (Å²) in [4.78, 5) is 25.9. The van der Waals surface area contributed by atoms with Crippen molar-refractivity contribution in [3.63, 3.8) is 0 Å². The summed E-state index contributed by atoms with van der Waals surface area (Å²) in [6.07, 6.45) is 18.2. The van der Waals surface area contributed by atoms with Crippen LogP contribution in [-0.2, 0) is 0 Å². The highest BCUT2D eigenvalue weighted by Crippen LogP contribution is 2.23. The zero-order chi connectivity index (χ0) is 15.0. The highest BCUT2D eigenvalue weighted by Gasteiger charge is 2.23. The van der Waals surface area contributed by atoms with Crippen LogP contribution in [0.5, 0.6) is 0 Å². The largest absolute Gasteiger partial charge is 0.285 e. The Labute approximate surface area is 129 Å². The molecule has 1 fully saturated rings. The van der Waals surface area contributed by atoms with E-state index in [4.69, 9.17) is 0 Å². The van der Waals surface area contributed by atoms with Gasteiger partial charge in [0.1, 0.15) is 0 Å². The first-order valence-corrected chi connectivity index (χ1v) is 7.50. The van der Waals surface area contributed by atoms with Crippen LogP contribution in [0.4, 0.5) is 0 Å². The molecule has 0 N–H and O–H groups in total. The molecule has 112 valence electrons. The molecule has 2 unspecified atom stereocenters. The normalized spacial score (nSPS) is 22.4. The molecule has 2 atom stereocenters. The number of aromatic nitrogens is 4. The van der Waals surface area contributed by atoms with Gasteiger partial charge in [-0.1, -0.05) is 12.8 Å². The summed E-state index contributed by atoms with van der Waals surface area (Å²) in [5.74, 6) is 0. The van der Waals surface area contributed by atoms with Crippen molar-refractivity contribution in [2.24, 2.45) is 9.98 Å². The second-order valence-electron chi connectivity index (χ2n) is 5.24. The third-order valence-electron chi connectivity index (χ3n) is 3.66. The summed E-state index contributed by atoms with van der Waals surface area (Å²) in [5, 5.41) is 0. The van der Waals surface area contributed by atoms with Crippen LogP contribution >= 0.6 is 0 Å². The molecule has 2 aromatic heterocycles. The van der Waals surface area contributed by atoms with Crippen LogP contribution in [0.25, 0.3) is 0 Å². The molecule has 0 saturated heterocycles. The molecular weight excluding hydrogens is 276 g/mol. The first kappa shape index (κ1) is 14.4. The maximum atomic E-state index is 4.67. The fraction of sp³-hybridized carbons (Fsp3) is 0.375. The second-order valence-corrected chi connectivity index (χ2v) is 5.24. The van der Waals surface area contributed by atoms with E-state index in [0.717, 1.165) is 24.2 Å². The fourth-order valence-corrected chi connectivity index (χ4v) is 2.54. The zero-order valence-electron chi connectivity index (χ0n) is 12.3. The molecule has 1 saturated carbocycles. The minimum absolute atomic E-state index is 0.198. The van der Waals surface area contributed by atoms with Crippen molar-refractivity contribution >= 4 is 12.4 Å². The van der Waals surface area contributed by atoms with E-state index in [2.05, 4.69) is 29.9 Å². The van der Waals surface area contributed by atoms with E-state index in [-0.39, 0.29) is 12.1 Å². The van der Waals surface area contributed by atoms with E-state index < -0.39 is 0 Å². The second kappa shape index (κ2) is 7.49. The zero-order valence-corrected chi connectivity index (χ0v) is 12.3. The minimum Gasteiger partial charge on any atom is -0.285 e. The van der Waals surface area contributed by atoms with Crippen LogP contribution in [0.2, 0.25) is 0 Å². The van der Waals surface area contributed by atoms with Gasteiger partial charge in [0.25, 0.3) is 0 Å². The molecule has 2 aromatic rings. The molecule has 1 aliphatic carbocycles. The van der Waals surface area contributed by atoms with Crippen LogP contribution in [0.15, 0.2) is 47.2 Å². The average Bonchev–Trinajstić information content (AvgIpc) is 2.61. The van der Waals surface area contributed by atoms with Crippen LogP contribution in [0.1, 0.15) is 37.1 Å². The van der Waals surface area contributed by atoms with Crippen LogP contribution in [0, 0.1) is 0 Å². The van der Waals surface area contributed by atoms with E-state index in [0.29, 0.717) is 0 Å². The lowest BCUT2D eigenvalue weighted by Crippen LogP contribution is -2.27. The van der Waals surface area contributed by atoms with E-state index >= 15 is 0 Å². The summed E-state index contributed by atoms with van der Waals surface area (Å²) in [7, 11) is 0. The average molecular weight is 294 g/mol. The molecule has 3 rings (SSSR count). The van der Waals surface area contributed by atoms with Gasteiger partial charge in [0.2, 0.25) is 0 Å². The molecule has 0 bridgehead atoms. The monoisotopic (exact) mass is 294 g/mol. The fourth-order valence-electron chi connectivity index (χ4n) is 2.54. The number of hydrogen-bond acceptors (Lipinski definition) is 6. The van der Waals surface area contributed by atoms with E-state index in [1.165, 1.54) is 12.8 Å². The van der Waals surface area contributed by atoms with Crippen molar-refractivity contribution in [1.82, 2.24) is 19.9 Å². The molecule has 6 heteroatoms. The lowest BCUT2D eigenvalue weighted by molar-refractivity contribution is 0.390. The van der Waals surface area contributed by atoms with Gasteiger partial charge in [0.05, 0.1) is 35.9 Å². The van der Waals surface area contributed by atoms with Gasteiger partial charge in [-0.3, -0.25) is 29.9 Å². The summed E-state index contributed by atoms with van der Waals surface area (Å²) >= 11 is 0. The van der Waals surface area contributed by atoms with Gasteiger partial charge in [-0.2, -0.15) is 0 Å². The maximum absolute atomic E-state index is 4.67. The molecule has 6 nitrogen and oxygen atoms in total. The first-order valence-electron chi connectivity index (χ1n) is 7.50. The van der Waals surface area contributed by atoms with Gasteiger partial charge in [0.15, 0.2) is 0 Å². The van der Waals surface area contributed by atoms with Crippen LogP contribution < -0.4 is 0 Å². The molecule has 0 aliphatic heterocycles. The van der Waals surface area contributed by atoms with Gasteiger partial charge >= 0.3 is 0 Å². The van der Waals surface area contributed by atoms with Crippen molar-refractivity contribution in [2.75, 3.05) is 0 Å². The Kier molecular flexibility index (Phi) is 4.92. The molecule has 0 radical (unpaired) electrons. The Hall–Kier alpha value is -2.50. The topological polar surface area (TPSA) is 76.3 Å². The van der Waals surface area contributed by atoms with E-state index in [1.54, 1.807) is 49.6 Å². The van der Waals surface area contributed by atoms with Crippen molar-refractivity contribution in [3.8, 4) is 0 Å². The molecule has 22 heavy (non-hydrogen) atoms. The van der Waals surface area contributed by atoms with E-state index in [1.807, 2.05) is 0 Å². The Morgan fingerprint density at radius 1 is 0.773 bits per heavy atom. The SMILES string of the molecule is C(=NC1CCCCC1N=Cc1cnccn1)c1cnccn1. The van der Waals surface area contributed by atoms with Gasteiger partial charge in [-0.15, -0.1) is 0 Å². The lowest BCUT2D eigenvalue weighted by atomic mass is 9.91.